The van der Waals surface area contributed by atoms with E-state index in [1.807, 2.05) is 24.3 Å². The van der Waals surface area contributed by atoms with Gasteiger partial charge in [-0.1, -0.05) is 18.2 Å². The van der Waals surface area contributed by atoms with Gasteiger partial charge in [0, 0.05) is 26.1 Å². The van der Waals surface area contributed by atoms with Crippen molar-refractivity contribution in [3.05, 3.63) is 29.8 Å². The third-order valence-electron chi connectivity index (χ3n) is 4.66. The number of fused-ring (bicyclic) bond motifs is 2. The summed E-state index contributed by atoms with van der Waals surface area (Å²) in [6.45, 7) is 0.870. The van der Waals surface area contributed by atoms with Gasteiger partial charge in [0.1, 0.15) is 12.4 Å². The summed E-state index contributed by atoms with van der Waals surface area (Å²) in [5.74, 6) is -0.527. The SMILES string of the molecule is COCC(=O)N1C[C@H]2COc3ccccc3C[C@@]2(C(=O)O)C1. The molecule has 0 bridgehead atoms. The van der Waals surface area contributed by atoms with E-state index in [-0.39, 0.29) is 25.0 Å². The fraction of sp³-hybridized carbons (Fsp3) is 0.500. The van der Waals surface area contributed by atoms with Crippen molar-refractivity contribution in [1.29, 1.82) is 0 Å². The molecule has 1 fully saturated rings. The van der Waals surface area contributed by atoms with Gasteiger partial charge in [-0.25, -0.2) is 0 Å². The molecule has 1 saturated heterocycles. The van der Waals surface area contributed by atoms with Crippen LogP contribution in [-0.4, -0.2) is 55.3 Å². The van der Waals surface area contributed by atoms with Crippen molar-refractivity contribution < 1.29 is 24.2 Å². The molecule has 0 aliphatic carbocycles. The molecule has 1 N–H and O–H groups in total. The number of amides is 1. The zero-order valence-corrected chi connectivity index (χ0v) is 12.4. The minimum atomic E-state index is -0.990. The molecule has 1 aromatic carbocycles. The number of ether oxygens (including phenoxy) is 2. The van der Waals surface area contributed by atoms with Crippen molar-refractivity contribution in [2.75, 3.05) is 33.4 Å². The smallest absolute Gasteiger partial charge is 0.312 e. The molecule has 2 atom stereocenters. The van der Waals surface area contributed by atoms with Gasteiger partial charge < -0.3 is 19.5 Å². The van der Waals surface area contributed by atoms with Gasteiger partial charge in [-0.05, 0) is 18.1 Å². The summed E-state index contributed by atoms with van der Waals surface area (Å²) in [5, 5.41) is 9.85. The minimum absolute atomic E-state index is 0.0279. The Labute approximate surface area is 128 Å². The van der Waals surface area contributed by atoms with Gasteiger partial charge in [0.2, 0.25) is 5.91 Å². The van der Waals surface area contributed by atoms with Crippen molar-refractivity contribution in [3.8, 4) is 5.75 Å². The van der Waals surface area contributed by atoms with Gasteiger partial charge in [-0.2, -0.15) is 0 Å². The number of methoxy groups -OCH3 is 1. The van der Waals surface area contributed by atoms with E-state index in [2.05, 4.69) is 0 Å². The molecular formula is C16H19NO5. The van der Waals surface area contributed by atoms with Crippen molar-refractivity contribution in [2.45, 2.75) is 6.42 Å². The molecule has 22 heavy (non-hydrogen) atoms. The average Bonchev–Trinajstić information content (AvgIpc) is 2.79. The largest absolute Gasteiger partial charge is 0.493 e. The van der Waals surface area contributed by atoms with E-state index in [9.17, 15) is 14.7 Å². The molecule has 0 spiro atoms. The van der Waals surface area contributed by atoms with E-state index in [0.29, 0.717) is 19.6 Å². The molecule has 6 nitrogen and oxygen atoms in total. The van der Waals surface area contributed by atoms with Gasteiger partial charge in [0.05, 0.1) is 12.0 Å². The van der Waals surface area contributed by atoms with Crippen molar-refractivity contribution in [3.63, 3.8) is 0 Å². The highest BCUT2D eigenvalue weighted by Gasteiger charge is 2.55. The molecule has 2 aliphatic rings. The average molecular weight is 305 g/mol. The van der Waals surface area contributed by atoms with Crippen LogP contribution in [0, 0.1) is 11.3 Å². The van der Waals surface area contributed by atoms with E-state index >= 15 is 0 Å². The number of carbonyl (C=O) groups is 2. The maximum atomic E-state index is 12.1. The second kappa shape index (κ2) is 5.61. The van der Waals surface area contributed by atoms with Gasteiger partial charge >= 0.3 is 5.97 Å². The van der Waals surface area contributed by atoms with E-state index < -0.39 is 11.4 Å². The fourth-order valence-corrected chi connectivity index (χ4v) is 3.43. The number of carbonyl (C=O) groups excluding carboxylic acids is 1. The quantitative estimate of drug-likeness (QED) is 0.894. The lowest BCUT2D eigenvalue weighted by molar-refractivity contribution is -0.151. The second-order valence-corrected chi connectivity index (χ2v) is 5.96. The van der Waals surface area contributed by atoms with Gasteiger partial charge in [0.25, 0.3) is 0 Å². The Morgan fingerprint density at radius 1 is 1.45 bits per heavy atom. The van der Waals surface area contributed by atoms with Gasteiger partial charge in [-0.3, -0.25) is 9.59 Å². The highest BCUT2D eigenvalue weighted by molar-refractivity contribution is 5.82. The predicted molar refractivity (Wildman–Crippen MR) is 77.7 cm³/mol. The summed E-state index contributed by atoms with van der Waals surface area (Å²) in [6.07, 6.45) is 0.375. The first kappa shape index (κ1) is 14.8. The number of carboxylic acid groups (broad SMARTS) is 1. The molecule has 3 rings (SSSR count). The lowest BCUT2D eigenvalue weighted by Crippen LogP contribution is -2.42. The first-order chi connectivity index (χ1) is 10.6. The Kier molecular flexibility index (Phi) is 3.78. The van der Waals surface area contributed by atoms with Crippen LogP contribution < -0.4 is 4.74 Å². The Balaban J connectivity index is 1.93. The lowest BCUT2D eigenvalue weighted by Gasteiger charge is -2.27. The van der Waals surface area contributed by atoms with Crippen molar-refractivity contribution in [1.82, 2.24) is 4.90 Å². The molecule has 1 aromatic rings. The topological polar surface area (TPSA) is 76.1 Å². The second-order valence-electron chi connectivity index (χ2n) is 5.96. The molecule has 0 saturated carbocycles. The zero-order valence-electron chi connectivity index (χ0n) is 12.4. The van der Waals surface area contributed by atoms with Crippen LogP contribution in [0.5, 0.6) is 5.75 Å². The third kappa shape index (κ3) is 2.33. The molecule has 0 radical (unpaired) electrons. The fourth-order valence-electron chi connectivity index (χ4n) is 3.43. The number of para-hydroxylation sites is 1. The maximum absolute atomic E-state index is 12.1. The number of hydrogen-bond donors (Lipinski definition) is 1. The van der Waals surface area contributed by atoms with Crippen LogP contribution in [0.25, 0.3) is 0 Å². The number of benzene rings is 1. The number of hydrogen-bond acceptors (Lipinski definition) is 4. The number of aliphatic carboxylic acids is 1. The zero-order chi connectivity index (χ0) is 15.7. The Bertz CT molecular complexity index is 602. The maximum Gasteiger partial charge on any atom is 0.312 e. The van der Waals surface area contributed by atoms with E-state index in [1.54, 1.807) is 4.90 Å². The van der Waals surface area contributed by atoms with E-state index in [0.717, 1.165) is 11.3 Å². The van der Waals surface area contributed by atoms with Crippen molar-refractivity contribution >= 4 is 11.9 Å². The minimum Gasteiger partial charge on any atom is -0.493 e. The number of likely N-dealkylation sites (tertiary alicyclic amines) is 1. The van der Waals surface area contributed by atoms with Crippen LogP contribution in [0.2, 0.25) is 0 Å². The summed E-state index contributed by atoms with van der Waals surface area (Å²) in [5.41, 5.74) is -0.107. The number of carboxylic acids is 1. The Morgan fingerprint density at radius 3 is 2.95 bits per heavy atom. The summed E-state index contributed by atoms with van der Waals surface area (Å²) in [7, 11) is 1.46. The molecule has 2 heterocycles. The molecule has 1 amide bonds. The summed E-state index contributed by atoms with van der Waals surface area (Å²) in [6, 6.07) is 7.50. The Hall–Kier alpha value is -2.08. The summed E-state index contributed by atoms with van der Waals surface area (Å²) in [4.78, 5) is 25.7. The molecule has 2 aliphatic heterocycles. The monoisotopic (exact) mass is 305 g/mol. The molecule has 6 heteroatoms. The van der Waals surface area contributed by atoms with Crippen LogP contribution in [0.1, 0.15) is 5.56 Å². The third-order valence-corrected chi connectivity index (χ3v) is 4.66. The van der Waals surface area contributed by atoms with Crippen molar-refractivity contribution in [2.24, 2.45) is 11.3 Å². The number of nitrogens with zero attached hydrogens (tertiary/aromatic N) is 1. The van der Waals surface area contributed by atoms with Crippen LogP contribution >= 0.6 is 0 Å². The van der Waals surface area contributed by atoms with E-state index in [4.69, 9.17) is 9.47 Å². The van der Waals surface area contributed by atoms with Gasteiger partial charge in [-0.15, -0.1) is 0 Å². The number of rotatable bonds is 3. The summed E-state index contributed by atoms with van der Waals surface area (Å²) < 4.78 is 10.7. The molecule has 118 valence electrons. The molecule has 0 aromatic heterocycles. The Morgan fingerprint density at radius 2 is 2.23 bits per heavy atom. The first-order valence-electron chi connectivity index (χ1n) is 7.27. The molecular weight excluding hydrogens is 286 g/mol. The van der Waals surface area contributed by atoms with Crippen LogP contribution in [0.3, 0.4) is 0 Å². The summed E-state index contributed by atoms with van der Waals surface area (Å²) >= 11 is 0. The normalized spacial score (nSPS) is 26.6. The lowest BCUT2D eigenvalue weighted by atomic mass is 9.74. The highest BCUT2D eigenvalue weighted by Crippen LogP contribution is 2.43. The predicted octanol–water partition coefficient (Wildman–Crippen LogP) is 0.797. The van der Waals surface area contributed by atoms with Gasteiger partial charge in [0.15, 0.2) is 0 Å². The van der Waals surface area contributed by atoms with Crippen LogP contribution in [-0.2, 0) is 20.7 Å². The van der Waals surface area contributed by atoms with Crippen LogP contribution in [0.4, 0.5) is 0 Å². The standard InChI is InChI=1S/C16H19NO5/c1-21-9-14(18)17-7-12-8-22-13-5-3-2-4-11(13)6-16(12,10-17)15(19)20/h2-5,12H,6-10H2,1H3,(H,19,20)/t12-,16+/m0/s1. The first-order valence-corrected chi connectivity index (χ1v) is 7.27. The molecule has 0 unspecified atom stereocenters. The van der Waals surface area contributed by atoms with E-state index in [1.165, 1.54) is 7.11 Å². The highest BCUT2D eigenvalue weighted by atomic mass is 16.5. The van der Waals surface area contributed by atoms with Crippen LogP contribution in [0.15, 0.2) is 24.3 Å².